The molecule has 0 saturated carbocycles. The molecule has 4 aromatic rings. The van der Waals surface area contributed by atoms with Crippen molar-refractivity contribution in [1.82, 2.24) is 14.8 Å². The third kappa shape index (κ3) is 4.47. The second kappa shape index (κ2) is 8.67. The lowest BCUT2D eigenvalue weighted by molar-refractivity contribution is -0.137. The van der Waals surface area contributed by atoms with Crippen molar-refractivity contribution in [3.05, 3.63) is 77.9 Å². The van der Waals surface area contributed by atoms with Crippen LogP contribution < -0.4 is 19.5 Å². The number of carbonyl (C=O) groups excluding carboxylic acids is 1. The summed E-state index contributed by atoms with van der Waals surface area (Å²) in [7, 11) is 1.37. The molecule has 0 atom stereocenters. The summed E-state index contributed by atoms with van der Waals surface area (Å²) in [5, 5.41) is 7.01. The maximum absolute atomic E-state index is 13.2. The number of ether oxygens (including phenoxy) is 3. The standard InChI is InChI=1S/C24H17F3N4O4/c1-33-23-29-21(14-3-2-4-16(11-14)24(25,26)27)31(30-23)18-8-6-17(7-9-18)28-22(32)15-5-10-19-20(12-15)35-13-34-19/h2-12H,13H2,1H3,(H,28,32). The third-order valence-electron chi connectivity index (χ3n) is 5.22. The number of rotatable bonds is 5. The Morgan fingerprint density at radius 1 is 1.03 bits per heavy atom. The van der Waals surface area contributed by atoms with Crippen LogP contribution in [-0.4, -0.2) is 34.6 Å². The van der Waals surface area contributed by atoms with E-state index in [4.69, 9.17) is 14.2 Å². The third-order valence-corrected chi connectivity index (χ3v) is 5.22. The predicted octanol–water partition coefficient (Wildman–Crippen LogP) is 4.94. The molecule has 3 aromatic carbocycles. The number of hydrogen-bond acceptors (Lipinski definition) is 6. The summed E-state index contributed by atoms with van der Waals surface area (Å²) in [4.78, 5) is 16.8. The van der Waals surface area contributed by atoms with Crippen LogP contribution in [-0.2, 0) is 6.18 Å². The molecule has 1 aliphatic rings. The Hall–Kier alpha value is -4.54. The number of methoxy groups -OCH3 is 1. The zero-order chi connectivity index (χ0) is 24.6. The molecule has 0 aliphatic carbocycles. The van der Waals surface area contributed by atoms with Crippen molar-refractivity contribution in [2.24, 2.45) is 0 Å². The number of halogens is 3. The van der Waals surface area contributed by atoms with E-state index >= 15 is 0 Å². The summed E-state index contributed by atoms with van der Waals surface area (Å²) in [6.07, 6.45) is -4.50. The Bertz CT molecular complexity index is 1400. The van der Waals surface area contributed by atoms with Gasteiger partial charge in [0.2, 0.25) is 6.79 Å². The lowest BCUT2D eigenvalue weighted by Gasteiger charge is -2.10. The van der Waals surface area contributed by atoms with Gasteiger partial charge in [-0.2, -0.15) is 18.2 Å². The van der Waals surface area contributed by atoms with E-state index in [1.807, 2.05) is 0 Å². The largest absolute Gasteiger partial charge is 0.466 e. The first-order valence-electron chi connectivity index (χ1n) is 10.3. The molecule has 0 saturated heterocycles. The van der Waals surface area contributed by atoms with Crippen molar-refractivity contribution in [3.8, 4) is 34.6 Å². The van der Waals surface area contributed by atoms with E-state index in [0.717, 1.165) is 12.1 Å². The Labute approximate surface area is 196 Å². The number of aromatic nitrogens is 3. The van der Waals surface area contributed by atoms with Gasteiger partial charge in [-0.15, -0.1) is 5.10 Å². The van der Waals surface area contributed by atoms with Gasteiger partial charge in [0.25, 0.3) is 5.91 Å². The summed E-state index contributed by atoms with van der Waals surface area (Å²) < 4.78 is 56.6. The van der Waals surface area contributed by atoms with Crippen LogP contribution in [0.5, 0.6) is 17.5 Å². The summed E-state index contributed by atoms with van der Waals surface area (Å²) in [6, 6.07) is 16.3. The highest BCUT2D eigenvalue weighted by atomic mass is 19.4. The Kier molecular flexibility index (Phi) is 5.51. The Balaban J connectivity index is 1.41. The lowest BCUT2D eigenvalue weighted by atomic mass is 10.1. The molecule has 0 fully saturated rings. The summed E-state index contributed by atoms with van der Waals surface area (Å²) in [5.41, 5.74) is 0.825. The van der Waals surface area contributed by atoms with Gasteiger partial charge in [0.05, 0.1) is 18.4 Å². The first-order chi connectivity index (χ1) is 16.8. The molecule has 1 amide bonds. The van der Waals surface area contributed by atoms with E-state index < -0.39 is 11.7 Å². The number of amides is 1. The van der Waals surface area contributed by atoms with Gasteiger partial charge in [-0.3, -0.25) is 4.79 Å². The van der Waals surface area contributed by atoms with Crippen LogP contribution in [0.15, 0.2) is 66.7 Å². The molecular formula is C24H17F3N4O4. The van der Waals surface area contributed by atoms with Gasteiger partial charge in [0, 0.05) is 16.8 Å². The van der Waals surface area contributed by atoms with Crippen molar-refractivity contribution in [3.63, 3.8) is 0 Å². The van der Waals surface area contributed by atoms with Crippen molar-refractivity contribution in [1.29, 1.82) is 0 Å². The molecule has 0 spiro atoms. The van der Waals surface area contributed by atoms with Gasteiger partial charge < -0.3 is 19.5 Å². The fourth-order valence-electron chi connectivity index (χ4n) is 3.51. The molecule has 8 nitrogen and oxygen atoms in total. The maximum Gasteiger partial charge on any atom is 0.416 e. The van der Waals surface area contributed by atoms with Crippen LogP contribution in [0.25, 0.3) is 17.1 Å². The highest BCUT2D eigenvalue weighted by Gasteiger charge is 2.31. The molecule has 11 heteroatoms. The van der Waals surface area contributed by atoms with Crippen LogP contribution in [0.3, 0.4) is 0 Å². The number of fused-ring (bicyclic) bond motifs is 1. The van der Waals surface area contributed by atoms with Crippen molar-refractivity contribution in [2.75, 3.05) is 19.2 Å². The maximum atomic E-state index is 13.2. The molecule has 5 rings (SSSR count). The number of nitrogens with one attached hydrogen (secondary N) is 1. The van der Waals surface area contributed by atoms with Crippen LogP contribution in [0.1, 0.15) is 15.9 Å². The predicted molar refractivity (Wildman–Crippen MR) is 119 cm³/mol. The van der Waals surface area contributed by atoms with Gasteiger partial charge in [0.1, 0.15) is 0 Å². The molecule has 178 valence electrons. The van der Waals surface area contributed by atoms with Crippen LogP contribution in [0.2, 0.25) is 0 Å². The molecule has 0 radical (unpaired) electrons. The van der Waals surface area contributed by atoms with Gasteiger partial charge in [-0.1, -0.05) is 12.1 Å². The number of nitrogens with zero attached hydrogens (tertiary/aromatic N) is 3. The molecule has 1 aliphatic heterocycles. The number of benzene rings is 3. The molecule has 0 bridgehead atoms. The minimum Gasteiger partial charge on any atom is -0.466 e. The van der Waals surface area contributed by atoms with E-state index in [9.17, 15) is 18.0 Å². The zero-order valence-electron chi connectivity index (χ0n) is 18.2. The molecule has 0 unspecified atom stereocenters. The lowest BCUT2D eigenvalue weighted by Crippen LogP contribution is -2.12. The van der Waals surface area contributed by atoms with E-state index in [1.54, 1.807) is 42.5 Å². The molecule has 2 heterocycles. The fraction of sp³-hybridized carbons (Fsp3) is 0.125. The summed E-state index contributed by atoms with van der Waals surface area (Å²) >= 11 is 0. The average molecular weight is 482 g/mol. The molecule has 35 heavy (non-hydrogen) atoms. The number of anilines is 1. The van der Waals surface area contributed by atoms with E-state index in [-0.39, 0.29) is 30.1 Å². The molecule has 1 N–H and O–H groups in total. The average Bonchev–Trinajstić information content (AvgIpc) is 3.51. The normalized spacial score (nSPS) is 12.5. The van der Waals surface area contributed by atoms with Gasteiger partial charge in [0.15, 0.2) is 17.3 Å². The molecular weight excluding hydrogens is 465 g/mol. The highest BCUT2D eigenvalue weighted by Crippen LogP contribution is 2.34. The monoisotopic (exact) mass is 482 g/mol. The summed E-state index contributed by atoms with van der Waals surface area (Å²) in [5.74, 6) is 0.897. The van der Waals surface area contributed by atoms with E-state index in [1.165, 1.54) is 23.9 Å². The summed E-state index contributed by atoms with van der Waals surface area (Å²) in [6.45, 7) is 0.109. The number of carbonyl (C=O) groups is 1. The smallest absolute Gasteiger partial charge is 0.416 e. The first kappa shape index (κ1) is 22.3. The Morgan fingerprint density at radius 3 is 2.54 bits per heavy atom. The highest BCUT2D eigenvalue weighted by molar-refractivity contribution is 6.04. The van der Waals surface area contributed by atoms with Crippen molar-refractivity contribution >= 4 is 11.6 Å². The molecule has 1 aromatic heterocycles. The van der Waals surface area contributed by atoms with Gasteiger partial charge in [-0.05, 0) is 54.6 Å². The minimum absolute atomic E-state index is 0.00222. The zero-order valence-corrected chi connectivity index (χ0v) is 18.2. The van der Waals surface area contributed by atoms with Crippen molar-refractivity contribution in [2.45, 2.75) is 6.18 Å². The van der Waals surface area contributed by atoms with Gasteiger partial charge >= 0.3 is 12.2 Å². The number of alkyl halides is 3. The van der Waals surface area contributed by atoms with Crippen LogP contribution in [0, 0.1) is 0 Å². The SMILES string of the molecule is COc1nc(-c2cccc(C(F)(F)F)c2)n(-c2ccc(NC(=O)c3ccc4c(c3)OCO4)cc2)n1. The quantitative estimate of drug-likeness (QED) is 0.434. The van der Waals surface area contributed by atoms with E-state index in [0.29, 0.717) is 28.4 Å². The second-order valence-electron chi connectivity index (χ2n) is 7.48. The van der Waals surface area contributed by atoms with Crippen LogP contribution in [0.4, 0.5) is 18.9 Å². The van der Waals surface area contributed by atoms with Crippen molar-refractivity contribution < 1.29 is 32.2 Å². The first-order valence-corrected chi connectivity index (χ1v) is 10.3. The minimum atomic E-state index is -4.50. The number of hydrogen-bond donors (Lipinski definition) is 1. The fourth-order valence-corrected chi connectivity index (χ4v) is 3.51. The van der Waals surface area contributed by atoms with Crippen LogP contribution >= 0.6 is 0 Å². The topological polar surface area (TPSA) is 87.5 Å². The van der Waals surface area contributed by atoms with Gasteiger partial charge in [-0.25, -0.2) is 4.68 Å². The Morgan fingerprint density at radius 2 is 1.80 bits per heavy atom. The second-order valence-corrected chi connectivity index (χ2v) is 7.48. The van der Waals surface area contributed by atoms with E-state index in [2.05, 4.69) is 15.4 Å².